The first-order valence-corrected chi connectivity index (χ1v) is 9.02. The molecule has 1 amide bonds. The number of fused-ring (bicyclic) bond motifs is 1. The fourth-order valence-corrected chi connectivity index (χ4v) is 3.86. The molecule has 1 N–H and O–H groups in total. The first-order valence-electron chi connectivity index (χ1n) is 9.02. The maximum atomic E-state index is 12.3. The van der Waals surface area contributed by atoms with E-state index < -0.39 is 0 Å². The second-order valence-electron chi connectivity index (χ2n) is 6.64. The number of rotatable bonds is 6. The molecule has 1 aromatic carbocycles. The van der Waals surface area contributed by atoms with Crippen LogP contribution in [0.2, 0.25) is 0 Å². The van der Waals surface area contributed by atoms with Crippen molar-refractivity contribution < 1.29 is 14.3 Å². The molecule has 2 unspecified atom stereocenters. The standard InChI is InChI=1S/C19H28N2O3/c1-23-17-8-4-2-6-15(17)10-11-20-19(22)14-21-12-13-24-18-9-5-3-7-16(18)21/h2,4,6,8,16,18H,3,5,7,9-14H2,1H3,(H,20,22). The fraction of sp³-hybridized carbons (Fsp3) is 0.632. The summed E-state index contributed by atoms with van der Waals surface area (Å²) in [6.45, 7) is 2.73. The third kappa shape index (κ3) is 4.28. The van der Waals surface area contributed by atoms with Gasteiger partial charge in [0, 0.05) is 19.1 Å². The Morgan fingerprint density at radius 1 is 1.33 bits per heavy atom. The van der Waals surface area contributed by atoms with E-state index in [9.17, 15) is 4.79 Å². The molecule has 2 fully saturated rings. The molecule has 0 radical (unpaired) electrons. The molecule has 2 aliphatic rings. The average Bonchev–Trinajstić information content (AvgIpc) is 2.62. The molecular weight excluding hydrogens is 304 g/mol. The van der Waals surface area contributed by atoms with Gasteiger partial charge in [-0.05, 0) is 30.9 Å². The minimum Gasteiger partial charge on any atom is -0.496 e. The Morgan fingerprint density at radius 2 is 2.17 bits per heavy atom. The third-order valence-corrected chi connectivity index (χ3v) is 5.10. The van der Waals surface area contributed by atoms with Gasteiger partial charge >= 0.3 is 0 Å². The number of morpholine rings is 1. The van der Waals surface area contributed by atoms with E-state index in [0.29, 0.717) is 25.2 Å². The van der Waals surface area contributed by atoms with Gasteiger partial charge in [-0.1, -0.05) is 31.0 Å². The lowest BCUT2D eigenvalue weighted by atomic mass is 9.90. The number of carbonyl (C=O) groups is 1. The first kappa shape index (κ1) is 17.2. The summed E-state index contributed by atoms with van der Waals surface area (Å²) in [5.74, 6) is 0.987. The van der Waals surface area contributed by atoms with Crippen molar-refractivity contribution in [2.75, 3.05) is 33.4 Å². The topological polar surface area (TPSA) is 50.8 Å². The molecule has 132 valence electrons. The summed E-state index contributed by atoms with van der Waals surface area (Å²) in [5, 5.41) is 3.05. The van der Waals surface area contributed by atoms with Crippen LogP contribution < -0.4 is 10.1 Å². The predicted molar refractivity (Wildman–Crippen MR) is 93.3 cm³/mol. The number of nitrogens with zero attached hydrogens (tertiary/aromatic N) is 1. The SMILES string of the molecule is COc1ccccc1CCNC(=O)CN1CCOC2CCCCC21. The third-order valence-electron chi connectivity index (χ3n) is 5.10. The highest BCUT2D eigenvalue weighted by Gasteiger charge is 2.34. The van der Waals surface area contributed by atoms with Crippen molar-refractivity contribution in [1.82, 2.24) is 10.2 Å². The zero-order chi connectivity index (χ0) is 16.8. The van der Waals surface area contributed by atoms with Crippen molar-refractivity contribution in [3.05, 3.63) is 29.8 Å². The monoisotopic (exact) mass is 332 g/mol. The van der Waals surface area contributed by atoms with Crippen molar-refractivity contribution in [3.63, 3.8) is 0 Å². The van der Waals surface area contributed by atoms with Crippen LogP contribution in [0.1, 0.15) is 31.2 Å². The van der Waals surface area contributed by atoms with Crippen molar-refractivity contribution in [2.45, 2.75) is 44.2 Å². The van der Waals surface area contributed by atoms with Crippen molar-refractivity contribution in [3.8, 4) is 5.75 Å². The van der Waals surface area contributed by atoms with Gasteiger partial charge < -0.3 is 14.8 Å². The molecule has 0 bridgehead atoms. The second kappa shape index (κ2) is 8.49. The van der Waals surface area contributed by atoms with Crippen LogP contribution >= 0.6 is 0 Å². The van der Waals surface area contributed by atoms with Gasteiger partial charge in [0.1, 0.15) is 5.75 Å². The summed E-state index contributed by atoms with van der Waals surface area (Å²) in [7, 11) is 1.68. The molecule has 1 aromatic rings. The number of methoxy groups -OCH3 is 1. The van der Waals surface area contributed by atoms with Crippen molar-refractivity contribution in [2.24, 2.45) is 0 Å². The van der Waals surface area contributed by atoms with Crippen molar-refractivity contribution >= 4 is 5.91 Å². The van der Waals surface area contributed by atoms with Gasteiger partial charge in [-0.25, -0.2) is 0 Å². The molecule has 1 aliphatic heterocycles. The van der Waals surface area contributed by atoms with Crippen LogP contribution in [0.3, 0.4) is 0 Å². The van der Waals surface area contributed by atoms with E-state index in [4.69, 9.17) is 9.47 Å². The molecular formula is C19H28N2O3. The number of nitrogens with one attached hydrogen (secondary N) is 1. The number of amides is 1. The second-order valence-corrected chi connectivity index (χ2v) is 6.64. The predicted octanol–water partition coefficient (Wildman–Crippen LogP) is 2.00. The number of hydrogen-bond acceptors (Lipinski definition) is 4. The Bertz CT molecular complexity index is 547. The normalized spacial score (nSPS) is 24.2. The highest BCUT2D eigenvalue weighted by molar-refractivity contribution is 5.78. The molecule has 0 aromatic heterocycles. The van der Waals surface area contributed by atoms with E-state index in [0.717, 1.165) is 43.7 Å². The molecule has 0 spiro atoms. The lowest BCUT2D eigenvalue weighted by Gasteiger charge is -2.43. The van der Waals surface area contributed by atoms with E-state index in [2.05, 4.69) is 10.2 Å². The fourth-order valence-electron chi connectivity index (χ4n) is 3.86. The van der Waals surface area contributed by atoms with Gasteiger partial charge in [0.2, 0.25) is 5.91 Å². The molecule has 3 rings (SSSR count). The molecule has 5 heteroatoms. The van der Waals surface area contributed by atoms with Crippen LogP contribution in [0.25, 0.3) is 0 Å². The van der Waals surface area contributed by atoms with Gasteiger partial charge in [0.05, 0.1) is 26.4 Å². The minimum absolute atomic E-state index is 0.108. The summed E-state index contributed by atoms with van der Waals surface area (Å²) in [4.78, 5) is 14.6. The number of benzene rings is 1. The van der Waals surface area contributed by atoms with Gasteiger partial charge in [-0.2, -0.15) is 0 Å². The quantitative estimate of drug-likeness (QED) is 0.866. The van der Waals surface area contributed by atoms with Crippen LogP contribution in [-0.2, 0) is 16.0 Å². The molecule has 5 nitrogen and oxygen atoms in total. The Labute approximate surface area is 144 Å². The van der Waals surface area contributed by atoms with Gasteiger partial charge in [0.25, 0.3) is 0 Å². The highest BCUT2D eigenvalue weighted by atomic mass is 16.5. The molecule has 2 atom stereocenters. The molecule has 24 heavy (non-hydrogen) atoms. The Morgan fingerprint density at radius 3 is 3.04 bits per heavy atom. The highest BCUT2D eigenvalue weighted by Crippen LogP contribution is 2.28. The zero-order valence-electron chi connectivity index (χ0n) is 14.5. The number of para-hydroxylation sites is 1. The van der Waals surface area contributed by atoms with Crippen LogP contribution in [0.15, 0.2) is 24.3 Å². The average molecular weight is 332 g/mol. The number of carbonyl (C=O) groups excluding carboxylic acids is 1. The first-order chi connectivity index (χ1) is 11.8. The zero-order valence-corrected chi connectivity index (χ0v) is 14.5. The van der Waals surface area contributed by atoms with E-state index in [-0.39, 0.29) is 5.91 Å². The maximum absolute atomic E-state index is 12.3. The minimum atomic E-state index is 0.108. The van der Waals surface area contributed by atoms with E-state index in [1.165, 1.54) is 12.8 Å². The molecule has 1 saturated carbocycles. The van der Waals surface area contributed by atoms with Gasteiger partial charge in [0.15, 0.2) is 0 Å². The number of hydrogen-bond donors (Lipinski definition) is 1. The van der Waals surface area contributed by atoms with E-state index in [1.54, 1.807) is 7.11 Å². The molecule has 1 saturated heterocycles. The summed E-state index contributed by atoms with van der Waals surface area (Å²) < 4.78 is 11.2. The Hall–Kier alpha value is -1.59. The van der Waals surface area contributed by atoms with E-state index >= 15 is 0 Å². The summed E-state index contributed by atoms with van der Waals surface area (Å²) in [6, 6.07) is 8.37. The lowest BCUT2D eigenvalue weighted by molar-refractivity contribution is -0.129. The molecule has 1 heterocycles. The smallest absolute Gasteiger partial charge is 0.234 e. The lowest BCUT2D eigenvalue weighted by Crippen LogP contribution is -2.55. The Balaban J connectivity index is 1.45. The van der Waals surface area contributed by atoms with Gasteiger partial charge in [-0.15, -0.1) is 0 Å². The summed E-state index contributed by atoms with van der Waals surface area (Å²) >= 11 is 0. The van der Waals surface area contributed by atoms with Crippen LogP contribution in [0.4, 0.5) is 0 Å². The number of ether oxygens (including phenoxy) is 2. The summed E-state index contributed by atoms with van der Waals surface area (Å²) in [6.07, 6.45) is 5.89. The maximum Gasteiger partial charge on any atom is 0.234 e. The molecule has 1 aliphatic carbocycles. The summed E-state index contributed by atoms with van der Waals surface area (Å²) in [5.41, 5.74) is 1.12. The van der Waals surface area contributed by atoms with Crippen molar-refractivity contribution in [1.29, 1.82) is 0 Å². The van der Waals surface area contributed by atoms with Crippen LogP contribution in [0.5, 0.6) is 5.75 Å². The van der Waals surface area contributed by atoms with Crippen LogP contribution in [-0.4, -0.2) is 56.3 Å². The largest absolute Gasteiger partial charge is 0.496 e. The van der Waals surface area contributed by atoms with Gasteiger partial charge in [-0.3, -0.25) is 9.69 Å². The van der Waals surface area contributed by atoms with Crippen LogP contribution in [0, 0.1) is 0 Å². The van der Waals surface area contributed by atoms with E-state index in [1.807, 2.05) is 24.3 Å². The Kier molecular flexibility index (Phi) is 6.10.